The molecule has 20 heavy (non-hydrogen) atoms. The minimum atomic E-state index is 1.03. The summed E-state index contributed by atoms with van der Waals surface area (Å²) in [6.45, 7) is 2.20. The maximum atomic E-state index is 4.92. The maximum absolute atomic E-state index is 4.92. The van der Waals surface area contributed by atoms with Crippen LogP contribution in [0.5, 0.6) is 0 Å². The molecule has 0 saturated carbocycles. The number of nitrogens with one attached hydrogen (secondary N) is 1. The number of aryl methyl sites for hydroxylation is 1. The minimum Gasteiger partial charge on any atom is -0.354 e. The summed E-state index contributed by atoms with van der Waals surface area (Å²) in [6, 6.07) is 17.0. The molecule has 98 valence electrons. The van der Waals surface area contributed by atoms with Gasteiger partial charge in [-0.3, -0.25) is 4.98 Å². The van der Waals surface area contributed by atoms with Crippen molar-refractivity contribution in [3.63, 3.8) is 0 Å². The van der Waals surface area contributed by atoms with Crippen molar-refractivity contribution in [3.05, 3.63) is 54.2 Å². The summed E-state index contributed by atoms with van der Waals surface area (Å²) in [6.07, 6.45) is 2.15. The van der Waals surface area contributed by atoms with Crippen molar-refractivity contribution >= 4 is 22.1 Å². The van der Waals surface area contributed by atoms with Crippen LogP contribution in [-0.2, 0) is 6.42 Å². The van der Waals surface area contributed by atoms with E-state index in [2.05, 4.69) is 60.8 Å². The van der Waals surface area contributed by atoms with Crippen LogP contribution in [0.1, 0.15) is 19.0 Å². The van der Waals surface area contributed by atoms with Gasteiger partial charge in [-0.15, -0.1) is 0 Å². The summed E-state index contributed by atoms with van der Waals surface area (Å²) in [4.78, 5) is 4.92. The molecule has 4 rings (SSSR count). The van der Waals surface area contributed by atoms with E-state index in [1.807, 2.05) is 0 Å². The molecule has 0 atom stereocenters. The number of hydrogen-bond acceptors (Lipinski definition) is 2. The van der Waals surface area contributed by atoms with E-state index in [0.717, 1.165) is 29.9 Å². The third kappa shape index (κ3) is 1.61. The second-order valence-electron chi connectivity index (χ2n) is 5.29. The lowest BCUT2D eigenvalue weighted by atomic mass is 9.96. The molecule has 1 aromatic heterocycles. The van der Waals surface area contributed by atoms with Crippen molar-refractivity contribution in [3.8, 4) is 11.3 Å². The Morgan fingerprint density at radius 3 is 2.75 bits per heavy atom. The maximum Gasteiger partial charge on any atom is 0.0825 e. The van der Waals surface area contributed by atoms with Gasteiger partial charge in [-0.05, 0) is 30.0 Å². The number of benzene rings is 2. The largest absolute Gasteiger partial charge is 0.354 e. The summed E-state index contributed by atoms with van der Waals surface area (Å²) in [5, 5.41) is 6.03. The molecule has 1 N–H and O–H groups in total. The first-order valence-electron chi connectivity index (χ1n) is 7.16. The Kier molecular flexibility index (Phi) is 2.49. The van der Waals surface area contributed by atoms with Crippen LogP contribution in [0.4, 0.5) is 11.4 Å². The predicted octanol–water partition coefficient (Wildman–Crippen LogP) is 4.91. The Bertz CT molecular complexity index is 806. The third-order valence-electron chi connectivity index (χ3n) is 3.87. The van der Waals surface area contributed by atoms with Gasteiger partial charge >= 0.3 is 0 Å². The highest BCUT2D eigenvalue weighted by molar-refractivity contribution is 6.09. The summed E-state index contributed by atoms with van der Waals surface area (Å²) in [5.41, 5.74) is 5.81. The van der Waals surface area contributed by atoms with E-state index in [9.17, 15) is 0 Å². The fourth-order valence-corrected chi connectivity index (χ4v) is 2.99. The lowest BCUT2D eigenvalue weighted by Crippen LogP contribution is -2.04. The lowest BCUT2D eigenvalue weighted by molar-refractivity contribution is 0.887. The van der Waals surface area contributed by atoms with E-state index in [-0.39, 0.29) is 0 Å². The Labute approximate surface area is 118 Å². The van der Waals surface area contributed by atoms with Crippen LogP contribution in [0.2, 0.25) is 0 Å². The fraction of sp³-hybridized carbons (Fsp3) is 0.167. The highest BCUT2D eigenvalue weighted by atomic mass is 14.9. The quantitative estimate of drug-likeness (QED) is 0.554. The average Bonchev–Trinajstić information content (AvgIpc) is 2.48. The number of anilines is 2. The molecule has 0 spiro atoms. The molecule has 2 heteroatoms. The molecule has 1 aliphatic heterocycles. The molecule has 3 aromatic rings. The van der Waals surface area contributed by atoms with Crippen molar-refractivity contribution in [2.75, 3.05) is 5.32 Å². The number of para-hydroxylation sites is 1. The highest BCUT2D eigenvalue weighted by Gasteiger charge is 2.19. The molecule has 2 aromatic carbocycles. The van der Waals surface area contributed by atoms with Crippen molar-refractivity contribution < 1.29 is 0 Å². The lowest BCUT2D eigenvalue weighted by Gasteiger charge is -2.22. The van der Waals surface area contributed by atoms with E-state index >= 15 is 0 Å². The van der Waals surface area contributed by atoms with Crippen LogP contribution in [0, 0.1) is 0 Å². The normalized spacial score (nSPS) is 12.1. The number of fused-ring (bicyclic) bond motifs is 2. The van der Waals surface area contributed by atoms with E-state index in [4.69, 9.17) is 4.98 Å². The summed E-state index contributed by atoms with van der Waals surface area (Å²) in [7, 11) is 0. The highest BCUT2D eigenvalue weighted by Crippen LogP contribution is 2.42. The van der Waals surface area contributed by atoms with Gasteiger partial charge in [0.15, 0.2) is 0 Å². The minimum absolute atomic E-state index is 1.03. The standard InChI is InChI=1S/C18H16N2/c1-2-6-13-11-12-7-5-10-16-17(12)18(19-13)14-8-3-4-9-15(14)20-16/h3-5,7-11,20H,2,6H2,1H3. The van der Waals surface area contributed by atoms with Gasteiger partial charge in [-0.1, -0.05) is 43.7 Å². The number of aromatic nitrogens is 1. The van der Waals surface area contributed by atoms with Gasteiger partial charge in [0, 0.05) is 28.0 Å². The zero-order valence-electron chi connectivity index (χ0n) is 11.5. The summed E-state index contributed by atoms with van der Waals surface area (Å²) in [5.74, 6) is 0. The molecule has 0 aliphatic carbocycles. The van der Waals surface area contributed by atoms with Gasteiger partial charge in [0.05, 0.1) is 5.69 Å². The monoisotopic (exact) mass is 260 g/mol. The molecule has 0 fully saturated rings. The summed E-state index contributed by atoms with van der Waals surface area (Å²) >= 11 is 0. The zero-order chi connectivity index (χ0) is 13.5. The average molecular weight is 260 g/mol. The number of rotatable bonds is 2. The van der Waals surface area contributed by atoms with Gasteiger partial charge in [0.2, 0.25) is 0 Å². The van der Waals surface area contributed by atoms with Gasteiger partial charge in [0.25, 0.3) is 0 Å². The first kappa shape index (κ1) is 11.5. The fourth-order valence-electron chi connectivity index (χ4n) is 2.99. The first-order chi connectivity index (χ1) is 9.86. The van der Waals surface area contributed by atoms with Gasteiger partial charge < -0.3 is 5.32 Å². The molecular formula is C18H16N2. The predicted molar refractivity (Wildman–Crippen MR) is 84.5 cm³/mol. The third-order valence-corrected chi connectivity index (χ3v) is 3.87. The van der Waals surface area contributed by atoms with Crippen molar-refractivity contribution in [2.45, 2.75) is 19.8 Å². The van der Waals surface area contributed by atoms with Gasteiger partial charge in [-0.25, -0.2) is 0 Å². The Hall–Kier alpha value is -2.35. The van der Waals surface area contributed by atoms with Crippen molar-refractivity contribution in [1.82, 2.24) is 4.98 Å². The van der Waals surface area contributed by atoms with E-state index < -0.39 is 0 Å². The van der Waals surface area contributed by atoms with Crippen LogP contribution in [0.15, 0.2) is 48.5 Å². The molecule has 0 amide bonds. The van der Waals surface area contributed by atoms with E-state index in [1.165, 1.54) is 22.0 Å². The van der Waals surface area contributed by atoms with Gasteiger partial charge in [0.1, 0.15) is 0 Å². The second-order valence-corrected chi connectivity index (χ2v) is 5.29. The topological polar surface area (TPSA) is 24.9 Å². The van der Waals surface area contributed by atoms with Gasteiger partial charge in [-0.2, -0.15) is 0 Å². The Morgan fingerprint density at radius 2 is 1.85 bits per heavy atom. The number of hydrogen-bond donors (Lipinski definition) is 1. The first-order valence-corrected chi connectivity index (χ1v) is 7.16. The molecular weight excluding hydrogens is 244 g/mol. The SMILES string of the molecule is CCCc1cc2cccc3c2c(n1)-c1ccccc1N3. The van der Waals surface area contributed by atoms with Crippen molar-refractivity contribution in [1.29, 1.82) is 0 Å². The van der Waals surface area contributed by atoms with Crippen LogP contribution in [0.25, 0.3) is 22.0 Å². The second kappa shape index (κ2) is 4.34. The smallest absolute Gasteiger partial charge is 0.0825 e. The molecule has 0 unspecified atom stereocenters. The Balaban J connectivity index is 2.09. The molecule has 0 bridgehead atoms. The Morgan fingerprint density at radius 1 is 1.00 bits per heavy atom. The molecule has 0 radical (unpaired) electrons. The van der Waals surface area contributed by atoms with Crippen LogP contribution in [0.3, 0.4) is 0 Å². The van der Waals surface area contributed by atoms with E-state index in [1.54, 1.807) is 0 Å². The molecule has 0 saturated heterocycles. The van der Waals surface area contributed by atoms with Crippen molar-refractivity contribution in [2.24, 2.45) is 0 Å². The zero-order valence-corrected chi connectivity index (χ0v) is 11.5. The van der Waals surface area contributed by atoms with Crippen LogP contribution < -0.4 is 5.32 Å². The van der Waals surface area contributed by atoms with Crippen LogP contribution >= 0.6 is 0 Å². The molecule has 2 nitrogen and oxygen atoms in total. The number of nitrogens with zero attached hydrogens (tertiary/aromatic N) is 1. The number of pyridine rings is 1. The molecule has 2 heterocycles. The molecule has 1 aliphatic rings. The summed E-state index contributed by atoms with van der Waals surface area (Å²) < 4.78 is 0. The van der Waals surface area contributed by atoms with Crippen LogP contribution in [-0.4, -0.2) is 4.98 Å². The van der Waals surface area contributed by atoms with E-state index in [0.29, 0.717) is 0 Å².